The third kappa shape index (κ3) is 5.84. The number of hydrogen-bond acceptors (Lipinski definition) is 4. The van der Waals surface area contributed by atoms with Crippen LogP contribution in [0, 0.1) is 0 Å². The van der Waals surface area contributed by atoms with Crippen molar-refractivity contribution in [2.45, 2.75) is 26.4 Å². The van der Waals surface area contributed by atoms with E-state index in [0.717, 1.165) is 17.0 Å². The van der Waals surface area contributed by atoms with Crippen LogP contribution in [0.2, 0.25) is 0 Å². The highest BCUT2D eigenvalue weighted by Crippen LogP contribution is 2.16. The van der Waals surface area contributed by atoms with Crippen LogP contribution < -0.4 is 20.7 Å². The van der Waals surface area contributed by atoms with E-state index in [4.69, 9.17) is 4.74 Å². The van der Waals surface area contributed by atoms with Gasteiger partial charge in [-0.25, -0.2) is 0 Å². The summed E-state index contributed by atoms with van der Waals surface area (Å²) < 4.78 is 5.11. The van der Waals surface area contributed by atoms with Gasteiger partial charge in [0.25, 0.3) is 0 Å². The zero-order valence-corrected chi connectivity index (χ0v) is 14.6. The highest BCUT2D eigenvalue weighted by molar-refractivity contribution is 5.89. The second-order valence-electron chi connectivity index (χ2n) is 5.69. The zero-order valence-electron chi connectivity index (χ0n) is 14.6. The molecule has 0 aliphatic heterocycles. The normalized spacial score (nSPS) is 11.3. The number of amides is 2. The molecule has 0 fully saturated rings. The maximum Gasteiger partial charge on any atom is 0.242 e. The van der Waals surface area contributed by atoms with Gasteiger partial charge in [-0.05, 0) is 42.8 Å². The second kappa shape index (κ2) is 8.73. The Morgan fingerprint density at radius 2 is 1.76 bits per heavy atom. The van der Waals surface area contributed by atoms with Gasteiger partial charge in [-0.3, -0.25) is 9.59 Å². The Morgan fingerprint density at radius 3 is 2.40 bits per heavy atom. The lowest BCUT2D eigenvalue weighted by molar-refractivity contribution is -0.121. The first-order chi connectivity index (χ1) is 12.0. The molecule has 0 heterocycles. The largest absolute Gasteiger partial charge is 0.497 e. The van der Waals surface area contributed by atoms with Crippen LogP contribution in [0.25, 0.3) is 0 Å². The van der Waals surface area contributed by atoms with Crippen LogP contribution in [-0.4, -0.2) is 25.0 Å². The van der Waals surface area contributed by atoms with E-state index < -0.39 is 6.04 Å². The van der Waals surface area contributed by atoms with Crippen molar-refractivity contribution in [3.63, 3.8) is 0 Å². The van der Waals surface area contributed by atoms with E-state index in [1.165, 1.54) is 6.92 Å². The van der Waals surface area contributed by atoms with Crippen molar-refractivity contribution in [3.05, 3.63) is 54.1 Å². The van der Waals surface area contributed by atoms with Crippen molar-refractivity contribution in [3.8, 4) is 5.75 Å². The van der Waals surface area contributed by atoms with E-state index in [9.17, 15) is 9.59 Å². The van der Waals surface area contributed by atoms with Crippen molar-refractivity contribution < 1.29 is 14.3 Å². The van der Waals surface area contributed by atoms with Gasteiger partial charge in [0.15, 0.2) is 0 Å². The molecular weight excluding hydrogens is 318 g/mol. The molecule has 132 valence electrons. The number of carbonyl (C=O) groups excluding carboxylic acids is 2. The van der Waals surface area contributed by atoms with E-state index in [1.54, 1.807) is 26.2 Å². The average Bonchev–Trinajstić information content (AvgIpc) is 2.59. The van der Waals surface area contributed by atoms with Gasteiger partial charge >= 0.3 is 0 Å². The fourth-order valence-corrected chi connectivity index (χ4v) is 2.29. The Kier molecular flexibility index (Phi) is 6.39. The standard InChI is InChI=1S/C19H23N3O3/c1-13(21-16-5-4-6-17(11-16)22-14(2)23)19(24)20-12-15-7-9-18(25-3)10-8-15/h4-11,13,21H,12H2,1-3H3,(H,20,24)(H,22,23)/t13-/m0/s1. The third-order valence-corrected chi connectivity index (χ3v) is 3.59. The molecule has 6 nitrogen and oxygen atoms in total. The number of anilines is 2. The predicted octanol–water partition coefficient (Wildman–Crippen LogP) is 2.77. The molecule has 0 aliphatic rings. The van der Waals surface area contributed by atoms with E-state index in [1.807, 2.05) is 36.4 Å². The number of methoxy groups -OCH3 is 1. The molecule has 2 rings (SSSR count). The number of ether oxygens (including phenoxy) is 1. The zero-order chi connectivity index (χ0) is 18.2. The van der Waals surface area contributed by atoms with E-state index in [0.29, 0.717) is 12.2 Å². The quantitative estimate of drug-likeness (QED) is 0.723. The van der Waals surface area contributed by atoms with Gasteiger partial charge in [-0.15, -0.1) is 0 Å². The molecule has 25 heavy (non-hydrogen) atoms. The minimum Gasteiger partial charge on any atom is -0.497 e. The minimum atomic E-state index is -0.411. The van der Waals surface area contributed by atoms with Crippen LogP contribution in [-0.2, 0) is 16.1 Å². The average molecular weight is 341 g/mol. The molecule has 0 bridgehead atoms. The summed E-state index contributed by atoms with van der Waals surface area (Å²) in [5.41, 5.74) is 2.44. The lowest BCUT2D eigenvalue weighted by Crippen LogP contribution is -2.37. The van der Waals surface area contributed by atoms with Gasteiger partial charge in [-0.2, -0.15) is 0 Å². The summed E-state index contributed by atoms with van der Waals surface area (Å²) in [6.07, 6.45) is 0. The second-order valence-corrected chi connectivity index (χ2v) is 5.69. The summed E-state index contributed by atoms with van der Waals surface area (Å²) in [4.78, 5) is 23.4. The van der Waals surface area contributed by atoms with Crippen LogP contribution in [0.4, 0.5) is 11.4 Å². The Morgan fingerprint density at radius 1 is 1.08 bits per heavy atom. The first kappa shape index (κ1) is 18.3. The summed E-state index contributed by atoms with van der Waals surface area (Å²) in [7, 11) is 1.62. The summed E-state index contributed by atoms with van der Waals surface area (Å²) in [5.74, 6) is 0.535. The highest BCUT2D eigenvalue weighted by atomic mass is 16.5. The van der Waals surface area contributed by atoms with E-state index in [-0.39, 0.29) is 11.8 Å². The van der Waals surface area contributed by atoms with Gasteiger partial charge < -0.3 is 20.7 Å². The van der Waals surface area contributed by atoms with Crippen LogP contribution in [0.5, 0.6) is 5.75 Å². The van der Waals surface area contributed by atoms with Gasteiger partial charge in [0.1, 0.15) is 11.8 Å². The predicted molar refractivity (Wildman–Crippen MR) is 98.7 cm³/mol. The fourth-order valence-electron chi connectivity index (χ4n) is 2.29. The topological polar surface area (TPSA) is 79.5 Å². The smallest absolute Gasteiger partial charge is 0.242 e. The Bertz CT molecular complexity index is 729. The molecule has 0 spiro atoms. The van der Waals surface area contributed by atoms with Gasteiger partial charge in [0.05, 0.1) is 7.11 Å². The molecular formula is C19H23N3O3. The van der Waals surface area contributed by atoms with Crippen molar-refractivity contribution >= 4 is 23.2 Å². The highest BCUT2D eigenvalue weighted by Gasteiger charge is 2.12. The van der Waals surface area contributed by atoms with E-state index >= 15 is 0 Å². The molecule has 3 N–H and O–H groups in total. The third-order valence-electron chi connectivity index (χ3n) is 3.59. The first-order valence-electron chi connectivity index (χ1n) is 8.03. The molecule has 0 aromatic heterocycles. The lowest BCUT2D eigenvalue weighted by Gasteiger charge is -2.16. The van der Waals surface area contributed by atoms with E-state index in [2.05, 4.69) is 16.0 Å². The molecule has 0 saturated heterocycles. The summed E-state index contributed by atoms with van der Waals surface area (Å²) in [6, 6.07) is 14.4. The molecule has 2 amide bonds. The monoisotopic (exact) mass is 341 g/mol. The molecule has 6 heteroatoms. The Hall–Kier alpha value is -3.02. The lowest BCUT2D eigenvalue weighted by atomic mass is 10.2. The van der Waals surface area contributed by atoms with Crippen LogP contribution in [0.3, 0.4) is 0 Å². The van der Waals surface area contributed by atoms with Gasteiger partial charge in [-0.1, -0.05) is 18.2 Å². The number of rotatable bonds is 7. The molecule has 0 unspecified atom stereocenters. The number of carbonyl (C=O) groups is 2. The van der Waals surface area contributed by atoms with Crippen LogP contribution >= 0.6 is 0 Å². The molecule has 2 aromatic rings. The molecule has 2 aromatic carbocycles. The molecule has 1 atom stereocenters. The van der Waals surface area contributed by atoms with Crippen molar-refractivity contribution in [1.29, 1.82) is 0 Å². The molecule has 0 radical (unpaired) electrons. The Labute approximate surface area is 147 Å². The van der Waals surface area contributed by atoms with Crippen molar-refractivity contribution in [2.75, 3.05) is 17.7 Å². The summed E-state index contributed by atoms with van der Waals surface area (Å²) in [6.45, 7) is 3.69. The maximum atomic E-state index is 12.2. The van der Waals surface area contributed by atoms with Crippen LogP contribution in [0.15, 0.2) is 48.5 Å². The maximum absolute atomic E-state index is 12.2. The van der Waals surface area contributed by atoms with Gasteiger partial charge in [0.2, 0.25) is 11.8 Å². The van der Waals surface area contributed by atoms with Crippen molar-refractivity contribution in [2.24, 2.45) is 0 Å². The number of nitrogens with one attached hydrogen (secondary N) is 3. The molecule has 0 saturated carbocycles. The summed E-state index contributed by atoms with van der Waals surface area (Å²) in [5, 5.41) is 8.73. The number of benzene rings is 2. The first-order valence-corrected chi connectivity index (χ1v) is 8.03. The minimum absolute atomic E-state index is 0.110. The molecule has 0 aliphatic carbocycles. The number of hydrogen-bond donors (Lipinski definition) is 3. The van der Waals surface area contributed by atoms with Gasteiger partial charge in [0, 0.05) is 24.8 Å². The SMILES string of the molecule is COc1ccc(CNC(=O)[C@H](C)Nc2cccc(NC(C)=O)c2)cc1. The van der Waals surface area contributed by atoms with Crippen molar-refractivity contribution in [1.82, 2.24) is 5.32 Å². The summed E-state index contributed by atoms with van der Waals surface area (Å²) >= 11 is 0. The Balaban J connectivity index is 1.88. The fraction of sp³-hybridized carbons (Fsp3) is 0.263. The van der Waals surface area contributed by atoms with Crippen LogP contribution in [0.1, 0.15) is 19.4 Å².